The number of carbonyl (C=O) groups excluding carboxylic acids is 1. The lowest BCUT2D eigenvalue weighted by Crippen LogP contribution is -2.49. The third kappa shape index (κ3) is 5.35. The quantitative estimate of drug-likeness (QED) is 0.768. The van der Waals surface area contributed by atoms with Gasteiger partial charge in [0.15, 0.2) is 0 Å². The van der Waals surface area contributed by atoms with Crippen LogP contribution in [0, 0.1) is 12.8 Å². The fraction of sp³-hybridized carbons (Fsp3) is 0.650. The molecule has 2 rings (SSSR count). The summed E-state index contributed by atoms with van der Waals surface area (Å²) in [5.41, 5.74) is 1.44. The molecule has 0 aliphatic carbocycles. The van der Waals surface area contributed by atoms with Crippen molar-refractivity contribution in [1.29, 1.82) is 0 Å². The summed E-state index contributed by atoms with van der Waals surface area (Å²) in [6.45, 7) is 10.3. The van der Waals surface area contributed by atoms with Crippen molar-refractivity contribution >= 4 is 5.91 Å². The van der Waals surface area contributed by atoms with E-state index < -0.39 is 0 Å². The molecule has 0 bridgehead atoms. The molecule has 0 radical (unpaired) electrons. The number of rotatable bonds is 8. The normalized spacial score (nSPS) is 16.4. The Kier molecular flexibility index (Phi) is 7.72. The third-order valence-corrected chi connectivity index (χ3v) is 4.82. The minimum Gasteiger partial charge on any atom is -0.496 e. The molecule has 26 heavy (non-hydrogen) atoms. The molecule has 0 aromatic heterocycles. The molecule has 1 aromatic carbocycles. The van der Waals surface area contributed by atoms with Gasteiger partial charge < -0.3 is 19.5 Å². The van der Waals surface area contributed by atoms with Crippen LogP contribution in [0.5, 0.6) is 11.5 Å². The highest BCUT2D eigenvalue weighted by atomic mass is 16.5. The first-order chi connectivity index (χ1) is 12.5. The van der Waals surface area contributed by atoms with Gasteiger partial charge in [0.25, 0.3) is 5.91 Å². The molecule has 1 aromatic rings. The lowest BCUT2D eigenvalue weighted by atomic mass is 10.0. The molecule has 1 saturated heterocycles. The molecule has 0 saturated carbocycles. The van der Waals surface area contributed by atoms with Crippen molar-refractivity contribution in [3.05, 3.63) is 23.3 Å². The molecular formula is C20H32N2O4. The van der Waals surface area contributed by atoms with E-state index in [-0.39, 0.29) is 5.91 Å². The first kappa shape index (κ1) is 20.5. The number of methoxy groups -OCH3 is 2. The van der Waals surface area contributed by atoms with Crippen LogP contribution in [0.15, 0.2) is 12.1 Å². The van der Waals surface area contributed by atoms with E-state index in [0.717, 1.165) is 38.3 Å². The number of morpholine rings is 1. The van der Waals surface area contributed by atoms with Gasteiger partial charge in [0.2, 0.25) is 0 Å². The maximum Gasteiger partial charge on any atom is 0.251 e. The van der Waals surface area contributed by atoms with Crippen molar-refractivity contribution in [2.75, 3.05) is 47.1 Å². The molecule has 6 nitrogen and oxygen atoms in total. The number of benzene rings is 1. The van der Waals surface area contributed by atoms with E-state index in [1.165, 1.54) is 0 Å². The minimum absolute atomic E-state index is 0.108. The summed E-state index contributed by atoms with van der Waals surface area (Å²) in [6.07, 6.45) is 1.04. The second kappa shape index (κ2) is 9.78. The predicted molar refractivity (Wildman–Crippen MR) is 102 cm³/mol. The molecule has 1 N–H and O–H groups in total. The van der Waals surface area contributed by atoms with Crippen LogP contribution >= 0.6 is 0 Å². The first-order valence-electron chi connectivity index (χ1n) is 9.28. The van der Waals surface area contributed by atoms with Gasteiger partial charge in [0.05, 0.1) is 27.4 Å². The molecule has 0 spiro atoms. The van der Waals surface area contributed by atoms with Crippen LogP contribution in [0.25, 0.3) is 0 Å². The third-order valence-electron chi connectivity index (χ3n) is 4.82. The first-order valence-corrected chi connectivity index (χ1v) is 9.28. The van der Waals surface area contributed by atoms with Gasteiger partial charge in [-0.3, -0.25) is 9.69 Å². The van der Waals surface area contributed by atoms with E-state index in [1.807, 2.05) is 6.92 Å². The number of ether oxygens (including phenoxy) is 3. The molecule has 1 atom stereocenters. The zero-order valence-electron chi connectivity index (χ0n) is 16.6. The topological polar surface area (TPSA) is 60.0 Å². The molecule has 6 heteroatoms. The summed E-state index contributed by atoms with van der Waals surface area (Å²) in [4.78, 5) is 15.1. The van der Waals surface area contributed by atoms with Gasteiger partial charge in [-0.25, -0.2) is 0 Å². The van der Waals surface area contributed by atoms with Gasteiger partial charge in [-0.05, 0) is 31.4 Å². The minimum atomic E-state index is -0.108. The van der Waals surface area contributed by atoms with Crippen molar-refractivity contribution in [2.24, 2.45) is 5.92 Å². The number of nitrogens with zero attached hydrogens (tertiary/aromatic N) is 1. The average Bonchev–Trinajstić information content (AvgIpc) is 2.65. The monoisotopic (exact) mass is 364 g/mol. The van der Waals surface area contributed by atoms with Crippen LogP contribution in [-0.4, -0.2) is 63.9 Å². The van der Waals surface area contributed by atoms with Crippen LogP contribution < -0.4 is 14.8 Å². The summed E-state index contributed by atoms with van der Waals surface area (Å²) < 4.78 is 16.2. The van der Waals surface area contributed by atoms with Crippen molar-refractivity contribution < 1.29 is 19.0 Å². The van der Waals surface area contributed by atoms with E-state index in [9.17, 15) is 4.79 Å². The summed E-state index contributed by atoms with van der Waals surface area (Å²) >= 11 is 0. The number of carbonyl (C=O) groups is 1. The Hall–Kier alpha value is -1.79. The molecule has 1 heterocycles. The zero-order chi connectivity index (χ0) is 19.1. The lowest BCUT2D eigenvalue weighted by molar-refractivity contribution is 0.0124. The summed E-state index contributed by atoms with van der Waals surface area (Å²) in [5.74, 6) is 1.77. The summed E-state index contributed by atoms with van der Waals surface area (Å²) in [5, 5.41) is 3.09. The number of nitrogens with one attached hydrogen (secondary N) is 1. The summed E-state index contributed by atoms with van der Waals surface area (Å²) in [7, 11) is 3.20. The van der Waals surface area contributed by atoms with Crippen LogP contribution in [-0.2, 0) is 4.74 Å². The zero-order valence-corrected chi connectivity index (χ0v) is 16.6. The smallest absolute Gasteiger partial charge is 0.251 e. The Morgan fingerprint density at radius 2 is 1.77 bits per heavy atom. The molecule has 1 fully saturated rings. The van der Waals surface area contributed by atoms with Crippen molar-refractivity contribution in [3.63, 3.8) is 0 Å². The Bertz CT molecular complexity index is 572. The standard InChI is InChI=1S/C20H32N2O4/c1-14(2)10-17(22-6-8-26-9-7-22)13-21-20(23)16-11-18(24-4)15(3)19(12-16)25-5/h11-12,14,17H,6-10,13H2,1-5H3,(H,21,23). The van der Waals surface area contributed by atoms with E-state index in [4.69, 9.17) is 14.2 Å². The fourth-order valence-corrected chi connectivity index (χ4v) is 3.38. The molecule has 1 unspecified atom stereocenters. The van der Waals surface area contributed by atoms with Crippen LogP contribution in [0.4, 0.5) is 0 Å². The Balaban J connectivity index is 2.07. The van der Waals surface area contributed by atoms with Crippen molar-refractivity contribution in [2.45, 2.75) is 33.2 Å². The number of amides is 1. The fourth-order valence-electron chi connectivity index (χ4n) is 3.38. The molecule has 1 amide bonds. The van der Waals surface area contributed by atoms with Gasteiger partial charge in [-0.1, -0.05) is 13.8 Å². The number of hydrogen-bond acceptors (Lipinski definition) is 5. The van der Waals surface area contributed by atoms with Gasteiger partial charge in [-0.2, -0.15) is 0 Å². The van der Waals surface area contributed by atoms with Crippen LogP contribution in [0.1, 0.15) is 36.2 Å². The molecule has 1 aliphatic rings. The second-order valence-corrected chi connectivity index (χ2v) is 7.15. The van der Waals surface area contributed by atoms with Crippen LogP contribution in [0.3, 0.4) is 0 Å². The number of hydrogen-bond donors (Lipinski definition) is 1. The summed E-state index contributed by atoms with van der Waals surface area (Å²) in [6, 6.07) is 3.84. The highest BCUT2D eigenvalue weighted by Gasteiger charge is 2.23. The second-order valence-electron chi connectivity index (χ2n) is 7.15. The van der Waals surface area contributed by atoms with E-state index in [0.29, 0.717) is 35.6 Å². The van der Waals surface area contributed by atoms with Gasteiger partial charge in [0, 0.05) is 36.8 Å². The SMILES string of the molecule is COc1cc(C(=O)NCC(CC(C)C)N2CCOCC2)cc(OC)c1C. The van der Waals surface area contributed by atoms with Gasteiger partial charge in [0.1, 0.15) is 11.5 Å². The van der Waals surface area contributed by atoms with Gasteiger partial charge >= 0.3 is 0 Å². The van der Waals surface area contributed by atoms with Gasteiger partial charge in [-0.15, -0.1) is 0 Å². The maximum atomic E-state index is 12.7. The largest absolute Gasteiger partial charge is 0.496 e. The molecule has 1 aliphatic heterocycles. The van der Waals surface area contributed by atoms with Crippen LogP contribution in [0.2, 0.25) is 0 Å². The van der Waals surface area contributed by atoms with Crippen molar-refractivity contribution in [1.82, 2.24) is 10.2 Å². The Morgan fingerprint density at radius 1 is 1.19 bits per heavy atom. The lowest BCUT2D eigenvalue weighted by Gasteiger charge is -2.35. The van der Waals surface area contributed by atoms with E-state index >= 15 is 0 Å². The average molecular weight is 364 g/mol. The molecule has 146 valence electrons. The van der Waals surface area contributed by atoms with E-state index in [1.54, 1.807) is 26.4 Å². The van der Waals surface area contributed by atoms with E-state index in [2.05, 4.69) is 24.1 Å². The molecular weight excluding hydrogens is 332 g/mol. The maximum absolute atomic E-state index is 12.7. The Morgan fingerprint density at radius 3 is 2.27 bits per heavy atom. The van der Waals surface area contributed by atoms with Crippen molar-refractivity contribution in [3.8, 4) is 11.5 Å². The predicted octanol–water partition coefficient (Wildman–Crippen LogP) is 2.49. The Labute approximate surface area is 156 Å². The highest BCUT2D eigenvalue weighted by Crippen LogP contribution is 2.29. The highest BCUT2D eigenvalue weighted by molar-refractivity contribution is 5.95.